The summed E-state index contributed by atoms with van der Waals surface area (Å²) in [6.45, 7) is 9.08. The fourth-order valence-electron chi connectivity index (χ4n) is 3.10. The zero-order valence-electron chi connectivity index (χ0n) is 14.7. The summed E-state index contributed by atoms with van der Waals surface area (Å²) in [5.41, 5.74) is 4.95. The van der Waals surface area contributed by atoms with Crippen LogP contribution in [0.25, 0.3) is 11.0 Å². The SMILES string of the molecule is C=CCn1c(CCNC(=O)c2ccc(C)cc2C)nc2ccccc21. The topological polar surface area (TPSA) is 46.9 Å². The summed E-state index contributed by atoms with van der Waals surface area (Å²) >= 11 is 0. The van der Waals surface area contributed by atoms with Gasteiger partial charge in [0.15, 0.2) is 0 Å². The van der Waals surface area contributed by atoms with Crippen LogP contribution in [0.1, 0.15) is 27.3 Å². The third-order valence-electron chi connectivity index (χ3n) is 4.31. The Bertz CT molecular complexity index is 924. The number of benzene rings is 2. The molecule has 0 spiro atoms. The van der Waals surface area contributed by atoms with Crippen molar-refractivity contribution in [3.8, 4) is 0 Å². The number of aromatic nitrogens is 2. The Balaban J connectivity index is 1.71. The minimum atomic E-state index is -0.0381. The van der Waals surface area contributed by atoms with Crippen molar-refractivity contribution in [2.45, 2.75) is 26.8 Å². The fraction of sp³-hybridized carbons (Fsp3) is 0.238. The van der Waals surface area contributed by atoms with Crippen LogP contribution in [0, 0.1) is 13.8 Å². The number of allylic oxidation sites excluding steroid dienone is 1. The zero-order valence-corrected chi connectivity index (χ0v) is 14.7. The number of nitrogens with one attached hydrogen (secondary N) is 1. The van der Waals surface area contributed by atoms with E-state index in [2.05, 4.69) is 22.5 Å². The third-order valence-corrected chi connectivity index (χ3v) is 4.31. The summed E-state index contributed by atoms with van der Waals surface area (Å²) in [7, 11) is 0. The lowest BCUT2D eigenvalue weighted by Crippen LogP contribution is -2.27. The number of nitrogens with zero attached hydrogens (tertiary/aromatic N) is 2. The number of para-hydroxylation sites is 2. The van der Waals surface area contributed by atoms with Gasteiger partial charge in [-0.3, -0.25) is 4.79 Å². The van der Waals surface area contributed by atoms with Crippen molar-refractivity contribution < 1.29 is 4.79 Å². The van der Waals surface area contributed by atoms with Gasteiger partial charge in [-0.05, 0) is 37.6 Å². The van der Waals surface area contributed by atoms with E-state index in [1.165, 1.54) is 0 Å². The summed E-state index contributed by atoms with van der Waals surface area (Å²) in [6, 6.07) is 13.9. The first-order valence-corrected chi connectivity index (χ1v) is 8.50. The smallest absolute Gasteiger partial charge is 0.251 e. The Hall–Kier alpha value is -2.88. The molecule has 3 rings (SSSR count). The highest BCUT2D eigenvalue weighted by molar-refractivity contribution is 5.95. The predicted octanol–water partition coefficient (Wildman–Crippen LogP) is 3.81. The summed E-state index contributed by atoms with van der Waals surface area (Å²) in [6.07, 6.45) is 2.55. The first-order valence-electron chi connectivity index (χ1n) is 8.50. The molecule has 0 unspecified atom stereocenters. The molecule has 1 N–H and O–H groups in total. The Morgan fingerprint density at radius 1 is 1.24 bits per heavy atom. The van der Waals surface area contributed by atoms with Crippen LogP contribution < -0.4 is 5.32 Å². The molecule has 1 amide bonds. The molecule has 0 aliphatic rings. The average Bonchev–Trinajstić information content (AvgIpc) is 2.93. The van der Waals surface area contributed by atoms with E-state index in [4.69, 9.17) is 4.98 Å². The molecule has 25 heavy (non-hydrogen) atoms. The van der Waals surface area contributed by atoms with Crippen molar-refractivity contribution in [3.63, 3.8) is 0 Å². The van der Waals surface area contributed by atoms with Gasteiger partial charge in [-0.1, -0.05) is 35.9 Å². The quantitative estimate of drug-likeness (QED) is 0.697. The van der Waals surface area contributed by atoms with Gasteiger partial charge < -0.3 is 9.88 Å². The zero-order chi connectivity index (χ0) is 17.8. The molecule has 2 aromatic carbocycles. The molecular formula is C21H23N3O. The molecule has 0 aliphatic heterocycles. The lowest BCUT2D eigenvalue weighted by atomic mass is 10.1. The van der Waals surface area contributed by atoms with E-state index >= 15 is 0 Å². The van der Waals surface area contributed by atoms with Crippen LogP contribution in [0.4, 0.5) is 0 Å². The molecule has 4 heteroatoms. The molecule has 4 nitrogen and oxygen atoms in total. The van der Waals surface area contributed by atoms with Crippen LogP contribution in [0.3, 0.4) is 0 Å². The number of aryl methyl sites for hydroxylation is 2. The summed E-state index contributed by atoms with van der Waals surface area (Å²) in [5, 5.41) is 3.00. The molecule has 0 saturated carbocycles. The van der Waals surface area contributed by atoms with Crippen LogP contribution in [0.15, 0.2) is 55.1 Å². The molecule has 0 radical (unpaired) electrons. The van der Waals surface area contributed by atoms with E-state index in [9.17, 15) is 4.79 Å². The molecule has 1 heterocycles. The van der Waals surface area contributed by atoms with Gasteiger partial charge in [0.1, 0.15) is 5.82 Å². The van der Waals surface area contributed by atoms with E-state index in [-0.39, 0.29) is 5.91 Å². The van der Waals surface area contributed by atoms with Crippen molar-refractivity contribution in [1.29, 1.82) is 0 Å². The number of imidazole rings is 1. The maximum Gasteiger partial charge on any atom is 0.251 e. The molecule has 0 saturated heterocycles. The van der Waals surface area contributed by atoms with Gasteiger partial charge in [0.05, 0.1) is 11.0 Å². The Morgan fingerprint density at radius 3 is 2.80 bits per heavy atom. The number of hydrogen-bond acceptors (Lipinski definition) is 2. The van der Waals surface area contributed by atoms with E-state index in [1.807, 2.05) is 56.3 Å². The summed E-state index contributed by atoms with van der Waals surface area (Å²) in [5.74, 6) is 0.922. The van der Waals surface area contributed by atoms with E-state index in [0.29, 0.717) is 19.5 Å². The Labute approximate surface area is 148 Å². The molecular weight excluding hydrogens is 310 g/mol. The number of carbonyl (C=O) groups excluding carboxylic acids is 1. The van der Waals surface area contributed by atoms with Gasteiger partial charge >= 0.3 is 0 Å². The molecule has 0 atom stereocenters. The molecule has 1 aromatic heterocycles. The highest BCUT2D eigenvalue weighted by Gasteiger charge is 2.11. The van der Waals surface area contributed by atoms with Crippen LogP contribution >= 0.6 is 0 Å². The summed E-state index contributed by atoms with van der Waals surface area (Å²) in [4.78, 5) is 17.1. The van der Waals surface area contributed by atoms with Crippen LogP contribution in [-0.4, -0.2) is 22.0 Å². The van der Waals surface area contributed by atoms with Gasteiger partial charge in [0, 0.05) is 25.1 Å². The number of amides is 1. The Morgan fingerprint density at radius 2 is 2.04 bits per heavy atom. The number of carbonyl (C=O) groups is 1. The lowest BCUT2D eigenvalue weighted by molar-refractivity contribution is 0.0953. The maximum absolute atomic E-state index is 12.4. The van der Waals surface area contributed by atoms with Crippen molar-refractivity contribution in [2.75, 3.05) is 6.54 Å². The van der Waals surface area contributed by atoms with Gasteiger partial charge in [0.25, 0.3) is 5.91 Å². The van der Waals surface area contributed by atoms with Crippen molar-refractivity contribution in [2.24, 2.45) is 0 Å². The minimum Gasteiger partial charge on any atom is -0.352 e. The van der Waals surface area contributed by atoms with Crippen molar-refractivity contribution in [1.82, 2.24) is 14.9 Å². The molecule has 128 valence electrons. The van der Waals surface area contributed by atoms with Gasteiger partial charge in [-0.25, -0.2) is 4.98 Å². The minimum absolute atomic E-state index is 0.0381. The Kier molecular flexibility index (Phi) is 4.98. The predicted molar refractivity (Wildman–Crippen MR) is 102 cm³/mol. The van der Waals surface area contributed by atoms with Crippen LogP contribution in [0.2, 0.25) is 0 Å². The van der Waals surface area contributed by atoms with Gasteiger partial charge in [-0.2, -0.15) is 0 Å². The number of hydrogen-bond donors (Lipinski definition) is 1. The fourth-order valence-corrected chi connectivity index (χ4v) is 3.10. The highest BCUT2D eigenvalue weighted by Crippen LogP contribution is 2.16. The largest absolute Gasteiger partial charge is 0.352 e. The second kappa shape index (κ2) is 7.34. The van der Waals surface area contributed by atoms with Crippen LogP contribution in [0.5, 0.6) is 0 Å². The maximum atomic E-state index is 12.4. The van der Waals surface area contributed by atoms with E-state index < -0.39 is 0 Å². The first kappa shape index (κ1) is 17.0. The van der Waals surface area contributed by atoms with E-state index in [1.54, 1.807) is 0 Å². The molecule has 0 aliphatic carbocycles. The second-order valence-corrected chi connectivity index (χ2v) is 6.24. The molecule has 0 fully saturated rings. The average molecular weight is 333 g/mol. The van der Waals surface area contributed by atoms with Crippen molar-refractivity contribution in [3.05, 3.63) is 77.6 Å². The number of rotatable bonds is 6. The van der Waals surface area contributed by atoms with Gasteiger partial charge in [0.2, 0.25) is 0 Å². The lowest BCUT2D eigenvalue weighted by Gasteiger charge is -2.09. The second-order valence-electron chi connectivity index (χ2n) is 6.24. The monoisotopic (exact) mass is 333 g/mol. The first-order chi connectivity index (χ1) is 12.1. The summed E-state index contributed by atoms with van der Waals surface area (Å²) < 4.78 is 2.14. The normalized spacial score (nSPS) is 10.8. The number of fused-ring (bicyclic) bond motifs is 1. The standard InChI is InChI=1S/C21H23N3O/c1-4-13-24-19-8-6-5-7-18(19)23-20(24)11-12-22-21(25)17-10-9-15(2)14-16(17)3/h4-10,14H,1,11-13H2,2-3H3,(H,22,25). The molecule has 3 aromatic rings. The van der Waals surface area contributed by atoms with Crippen LogP contribution in [-0.2, 0) is 13.0 Å². The van der Waals surface area contributed by atoms with E-state index in [0.717, 1.165) is 33.5 Å². The molecule has 0 bridgehead atoms. The third kappa shape index (κ3) is 3.63. The highest BCUT2D eigenvalue weighted by atomic mass is 16.1. The van der Waals surface area contributed by atoms with Crippen molar-refractivity contribution >= 4 is 16.9 Å². The van der Waals surface area contributed by atoms with Gasteiger partial charge in [-0.15, -0.1) is 6.58 Å².